The van der Waals surface area contributed by atoms with E-state index in [0.29, 0.717) is 17.1 Å². The molecule has 1 heterocycles. The van der Waals surface area contributed by atoms with Gasteiger partial charge in [0.25, 0.3) is 5.91 Å². The van der Waals surface area contributed by atoms with Gasteiger partial charge in [0.05, 0.1) is 20.3 Å². The number of imide groups is 1. The Morgan fingerprint density at radius 2 is 1.91 bits per heavy atom. The number of hydrogen-bond donors (Lipinski definition) is 2. The first-order chi connectivity index (χ1) is 15.4. The van der Waals surface area contributed by atoms with Crippen molar-refractivity contribution in [1.29, 1.82) is 0 Å². The van der Waals surface area contributed by atoms with E-state index in [-0.39, 0.29) is 18.5 Å². The van der Waals surface area contributed by atoms with E-state index >= 15 is 0 Å². The summed E-state index contributed by atoms with van der Waals surface area (Å²) in [4.78, 5) is 39.6. The molecule has 32 heavy (non-hydrogen) atoms. The van der Waals surface area contributed by atoms with Crippen molar-refractivity contribution in [2.24, 2.45) is 0 Å². The van der Waals surface area contributed by atoms with Gasteiger partial charge in [0.1, 0.15) is 12.1 Å². The Labute approximate surface area is 186 Å². The molecule has 0 radical (unpaired) electrons. The molecular formula is C24H27N3O5. The molecule has 8 heteroatoms. The fourth-order valence-corrected chi connectivity index (χ4v) is 4.47. The SMILES string of the molecule is COc1ccc([C@@]2(C)NC(=O)N(CC(=O)N[C@@H]3CCCc4ccccc43)C2=O)cc1OC. The molecule has 1 fully saturated rings. The summed E-state index contributed by atoms with van der Waals surface area (Å²) in [6, 6.07) is 12.3. The molecule has 0 aromatic heterocycles. The number of hydrogen-bond acceptors (Lipinski definition) is 5. The highest BCUT2D eigenvalue weighted by atomic mass is 16.5. The number of urea groups is 1. The van der Waals surface area contributed by atoms with E-state index in [4.69, 9.17) is 9.47 Å². The third-order valence-corrected chi connectivity index (χ3v) is 6.24. The van der Waals surface area contributed by atoms with Crippen LogP contribution in [0, 0.1) is 0 Å². The number of benzene rings is 2. The quantitative estimate of drug-likeness (QED) is 0.678. The van der Waals surface area contributed by atoms with Gasteiger partial charge in [0.2, 0.25) is 5.91 Å². The van der Waals surface area contributed by atoms with E-state index < -0.39 is 17.5 Å². The van der Waals surface area contributed by atoms with Gasteiger partial charge in [-0.1, -0.05) is 30.3 Å². The second-order valence-corrected chi connectivity index (χ2v) is 8.23. The standard InChI is InChI=1S/C24H27N3O5/c1-24(16-11-12-19(31-2)20(13-16)32-3)22(29)27(23(30)26-24)14-21(28)25-18-10-6-8-15-7-4-5-9-17(15)18/h4-5,7,9,11-13,18H,6,8,10,14H2,1-3H3,(H,25,28)(H,26,30)/t18-,24-/m1/s1. The molecule has 2 N–H and O–H groups in total. The van der Waals surface area contributed by atoms with Crippen LogP contribution in [0.1, 0.15) is 42.5 Å². The van der Waals surface area contributed by atoms with Crippen LogP contribution in [0.3, 0.4) is 0 Å². The van der Waals surface area contributed by atoms with Crippen molar-refractivity contribution in [3.05, 3.63) is 59.2 Å². The third kappa shape index (κ3) is 3.77. The van der Waals surface area contributed by atoms with Crippen molar-refractivity contribution in [2.75, 3.05) is 20.8 Å². The maximum Gasteiger partial charge on any atom is 0.325 e. The molecule has 2 atom stereocenters. The lowest BCUT2D eigenvalue weighted by Crippen LogP contribution is -2.44. The molecule has 1 aliphatic carbocycles. The Morgan fingerprint density at radius 3 is 2.66 bits per heavy atom. The van der Waals surface area contributed by atoms with Crippen LogP contribution in [0.15, 0.2) is 42.5 Å². The molecule has 168 valence electrons. The Bertz CT molecular complexity index is 1070. The monoisotopic (exact) mass is 437 g/mol. The predicted molar refractivity (Wildman–Crippen MR) is 117 cm³/mol. The zero-order valence-electron chi connectivity index (χ0n) is 18.4. The normalized spacial score (nSPS) is 22.2. The number of carbonyl (C=O) groups is 3. The highest BCUT2D eigenvalue weighted by Crippen LogP contribution is 2.35. The van der Waals surface area contributed by atoms with Crippen LogP contribution < -0.4 is 20.1 Å². The number of nitrogens with zero attached hydrogens (tertiary/aromatic N) is 1. The minimum absolute atomic E-state index is 0.120. The molecule has 1 aliphatic heterocycles. The van der Waals surface area contributed by atoms with Gasteiger partial charge in [-0.25, -0.2) is 4.79 Å². The summed E-state index contributed by atoms with van der Waals surface area (Å²) in [6.45, 7) is 1.27. The first kappa shape index (κ1) is 21.7. The van der Waals surface area contributed by atoms with E-state index in [9.17, 15) is 14.4 Å². The summed E-state index contributed by atoms with van der Waals surface area (Å²) in [5.74, 6) is 0.0988. The van der Waals surface area contributed by atoms with Crippen LogP contribution in [0.2, 0.25) is 0 Å². The fraction of sp³-hybridized carbons (Fsp3) is 0.375. The molecule has 4 rings (SSSR count). The Hall–Kier alpha value is -3.55. The first-order valence-electron chi connectivity index (χ1n) is 10.6. The van der Waals surface area contributed by atoms with Crippen molar-refractivity contribution in [2.45, 2.75) is 37.8 Å². The predicted octanol–water partition coefficient (Wildman–Crippen LogP) is 2.66. The molecule has 8 nitrogen and oxygen atoms in total. The molecule has 1 saturated heterocycles. The van der Waals surface area contributed by atoms with Gasteiger partial charge in [-0.15, -0.1) is 0 Å². The summed E-state index contributed by atoms with van der Waals surface area (Å²) in [5, 5.41) is 5.72. The van der Waals surface area contributed by atoms with E-state index in [2.05, 4.69) is 16.7 Å². The molecule has 0 spiro atoms. The number of nitrogens with one attached hydrogen (secondary N) is 2. The molecule has 2 aromatic rings. The number of amides is 4. The van der Waals surface area contributed by atoms with Crippen molar-refractivity contribution in [3.8, 4) is 11.5 Å². The summed E-state index contributed by atoms with van der Waals surface area (Å²) in [6.07, 6.45) is 2.79. The van der Waals surface area contributed by atoms with E-state index in [0.717, 1.165) is 29.7 Å². The maximum absolute atomic E-state index is 13.2. The number of ether oxygens (including phenoxy) is 2. The fourth-order valence-electron chi connectivity index (χ4n) is 4.47. The van der Waals surface area contributed by atoms with Gasteiger partial charge in [0, 0.05) is 0 Å². The van der Waals surface area contributed by atoms with Crippen LogP contribution >= 0.6 is 0 Å². The van der Waals surface area contributed by atoms with Crippen LogP contribution in [0.4, 0.5) is 4.79 Å². The summed E-state index contributed by atoms with van der Waals surface area (Å²) >= 11 is 0. The van der Waals surface area contributed by atoms with Crippen molar-refractivity contribution in [3.63, 3.8) is 0 Å². The van der Waals surface area contributed by atoms with Crippen molar-refractivity contribution >= 4 is 17.8 Å². The number of carbonyl (C=O) groups excluding carboxylic acids is 3. The number of rotatable bonds is 6. The lowest BCUT2D eigenvalue weighted by Gasteiger charge is -2.27. The number of methoxy groups -OCH3 is 2. The molecule has 0 unspecified atom stereocenters. The second-order valence-electron chi connectivity index (χ2n) is 8.23. The van der Waals surface area contributed by atoms with Gasteiger partial charge in [-0.2, -0.15) is 0 Å². The molecule has 4 amide bonds. The number of aryl methyl sites for hydroxylation is 1. The molecule has 2 aromatic carbocycles. The smallest absolute Gasteiger partial charge is 0.325 e. The van der Waals surface area contributed by atoms with E-state index in [1.807, 2.05) is 18.2 Å². The topological polar surface area (TPSA) is 97.0 Å². The van der Waals surface area contributed by atoms with Crippen LogP contribution in [0.25, 0.3) is 0 Å². The van der Waals surface area contributed by atoms with Gasteiger partial charge in [-0.05, 0) is 55.0 Å². The third-order valence-electron chi connectivity index (χ3n) is 6.24. The maximum atomic E-state index is 13.2. The van der Waals surface area contributed by atoms with Gasteiger partial charge >= 0.3 is 6.03 Å². The zero-order valence-corrected chi connectivity index (χ0v) is 18.4. The first-order valence-corrected chi connectivity index (χ1v) is 10.6. The second kappa shape index (κ2) is 8.53. The van der Waals surface area contributed by atoms with Gasteiger partial charge in [0.15, 0.2) is 11.5 Å². The lowest BCUT2D eigenvalue weighted by atomic mass is 9.88. The number of fused-ring (bicyclic) bond motifs is 1. The Kier molecular flexibility index (Phi) is 5.78. The summed E-state index contributed by atoms with van der Waals surface area (Å²) in [7, 11) is 3.02. The average molecular weight is 437 g/mol. The highest BCUT2D eigenvalue weighted by Gasteiger charge is 2.49. The minimum atomic E-state index is -1.31. The van der Waals surface area contributed by atoms with Crippen molar-refractivity contribution < 1.29 is 23.9 Å². The van der Waals surface area contributed by atoms with Gasteiger partial charge in [-0.3, -0.25) is 14.5 Å². The van der Waals surface area contributed by atoms with Crippen LogP contribution in [-0.4, -0.2) is 43.5 Å². The van der Waals surface area contributed by atoms with E-state index in [1.54, 1.807) is 25.1 Å². The Morgan fingerprint density at radius 1 is 1.16 bits per heavy atom. The zero-order chi connectivity index (χ0) is 22.9. The van der Waals surface area contributed by atoms with Crippen LogP contribution in [-0.2, 0) is 21.5 Å². The summed E-state index contributed by atoms with van der Waals surface area (Å²) < 4.78 is 10.6. The molecule has 0 saturated carbocycles. The minimum Gasteiger partial charge on any atom is -0.493 e. The molecule has 0 bridgehead atoms. The highest BCUT2D eigenvalue weighted by molar-refractivity contribution is 6.09. The molecule has 2 aliphatic rings. The van der Waals surface area contributed by atoms with Gasteiger partial charge < -0.3 is 20.1 Å². The largest absolute Gasteiger partial charge is 0.493 e. The summed E-state index contributed by atoms with van der Waals surface area (Å²) in [5.41, 5.74) is 1.55. The lowest BCUT2D eigenvalue weighted by molar-refractivity contribution is -0.135. The van der Waals surface area contributed by atoms with Crippen LogP contribution in [0.5, 0.6) is 11.5 Å². The molecular weight excluding hydrogens is 410 g/mol. The van der Waals surface area contributed by atoms with Crippen molar-refractivity contribution in [1.82, 2.24) is 15.5 Å². The average Bonchev–Trinajstić information content (AvgIpc) is 3.02. The Balaban J connectivity index is 1.49. The van der Waals surface area contributed by atoms with E-state index in [1.165, 1.54) is 19.8 Å².